The molecule has 0 saturated carbocycles. The van der Waals surface area contributed by atoms with Crippen LogP contribution < -0.4 is 0 Å². The molecule has 8 heteroatoms. The van der Waals surface area contributed by atoms with Gasteiger partial charge in [0.05, 0.1) is 18.9 Å². The van der Waals surface area contributed by atoms with E-state index in [9.17, 15) is 20.0 Å². The van der Waals surface area contributed by atoms with E-state index in [2.05, 4.69) is 14.9 Å². The molecule has 0 aromatic carbocycles. The molecule has 1 aromatic rings. The van der Waals surface area contributed by atoms with E-state index >= 15 is 0 Å². The molecule has 0 aliphatic heterocycles. The van der Waals surface area contributed by atoms with Gasteiger partial charge in [0.1, 0.15) is 0 Å². The minimum Gasteiger partial charge on any atom is -0.467 e. The number of aliphatic hydroxyl groups excluding tert-OH is 1. The first-order valence-electron chi connectivity index (χ1n) is 4.76. The number of carbonyl (C=O) groups is 1. The molecule has 2 N–H and O–H groups in total. The molecule has 1 aromatic heterocycles. The van der Waals surface area contributed by atoms with Gasteiger partial charge in [-0.1, -0.05) is 18.9 Å². The molecule has 0 bridgehead atoms. The smallest absolute Gasteiger partial charge is 0.346 e. The molecule has 0 saturated heterocycles. The molecule has 17 heavy (non-hydrogen) atoms. The van der Waals surface area contributed by atoms with Gasteiger partial charge < -0.3 is 20.0 Å². The zero-order valence-electron chi connectivity index (χ0n) is 9.63. The second-order valence-corrected chi connectivity index (χ2v) is 4.04. The third kappa shape index (κ3) is 2.26. The Hall–Kier alpha value is -1.96. The maximum Gasteiger partial charge on any atom is 0.346 e. The van der Waals surface area contributed by atoms with Crippen molar-refractivity contribution in [3.8, 4) is 0 Å². The van der Waals surface area contributed by atoms with E-state index in [0.717, 1.165) is 7.11 Å². The molecule has 0 fully saturated rings. The number of methoxy groups -OCH3 is 1. The van der Waals surface area contributed by atoms with Crippen molar-refractivity contribution in [1.82, 2.24) is 10.2 Å². The standard InChI is InChI=1S/C9H13N3O5/c1-9(2,6(13)8(14)17-3)5-4-10-11-7(5)12(15)16/h4,6,13H,1-3H3,(H,10,11). The van der Waals surface area contributed by atoms with Crippen molar-refractivity contribution in [1.29, 1.82) is 0 Å². The lowest BCUT2D eigenvalue weighted by Gasteiger charge is -2.26. The van der Waals surface area contributed by atoms with Gasteiger partial charge in [-0.05, 0) is 4.92 Å². The largest absolute Gasteiger partial charge is 0.467 e. The number of nitrogens with zero attached hydrogens (tertiary/aromatic N) is 2. The Bertz CT molecular complexity index is 440. The summed E-state index contributed by atoms with van der Waals surface area (Å²) >= 11 is 0. The number of aliphatic hydroxyl groups is 1. The second kappa shape index (κ2) is 4.50. The summed E-state index contributed by atoms with van der Waals surface area (Å²) in [6.45, 7) is 2.98. The summed E-state index contributed by atoms with van der Waals surface area (Å²) < 4.78 is 4.41. The number of ether oxygens (including phenoxy) is 1. The van der Waals surface area contributed by atoms with Crippen LogP contribution in [0.5, 0.6) is 0 Å². The molecule has 1 unspecified atom stereocenters. The summed E-state index contributed by atoms with van der Waals surface area (Å²) in [5, 5.41) is 26.3. The molecular formula is C9H13N3O5. The molecule has 1 rings (SSSR count). The summed E-state index contributed by atoms with van der Waals surface area (Å²) in [6, 6.07) is 0. The quantitative estimate of drug-likeness (QED) is 0.440. The van der Waals surface area contributed by atoms with Crippen molar-refractivity contribution < 1.29 is 19.6 Å². The van der Waals surface area contributed by atoms with E-state index < -0.39 is 22.4 Å². The molecule has 0 amide bonds. The summed E-state index contributed by atoms with van der Waals surface area (Å²) in [4.78, 5) is 21.3. The molecule has 0 aliphatic carbocycles. The lowest BCUT2D eigenvalue weighted by molar-refractivity contribution is -0.390. The van der Waals surface area contributed by atoms with E-state index in [0.29, 0.717) is 0 Å². The second-order valence-electron chi connectivity index (χ2n) is 4.04. The molecule has 1 atom stereocenters. The van der Waals surface area contributed by atoms with Crippen molar-refractivity contribution in [3.05, 3.63) is 21.9 Å². The Labute approximate surface area is 96.7 Å². The maximum atomic E-state index is 11.3. The van der Waals surface area contributed by atoms with Gasteiger partial charge in [-0.25, -0.2) is 4.79 Å². The predicted octanol–water partition coefficient (Wildman–Crippen LogP) is 0.129. The average molecular weight is 243 g/mol. The van der Waals surface area contributed by atoms with E-state index in [1.165, 1.54) is 20.0 Å². The number of aromatic nitrogens is 2. The predicted molar refractivity (Wildman–Crippen MR) is 56.3 cm³/mol. The molecule has 0 spiro atoms. The zero-order chi connectivity index (χ0) is 13.2. The normalized spacial score (nSPS) is 13.2. The fourth-order valence-electron chi connectivity index (χ4n) is 1.44. The van der Waals surface area contributed by atoms with E-state index in [1.807, 2.05) is 0 Å². The number of hydrogen-bond donors (Lipinski definition) is 2. The third-order valence-corrected chi connectivity index (χ3v) is 2.60. The van der Waals surface area contributed by atoms with E-state index in [-0.39, 0.29) is 11.4 Å². The average Bonchev–Trinajstić information content (AvgIpc) is 2.76. The minimum absolute atomic E-state index is 0.139. The highest BCUT2D eigenvalue weighted by Crippen LogP contribution is 2.33. The van der Waals surface area contributed by atoms with Gasteiger partial charge in [0, 0.05) is 5.41 Å². The van der Waals surface area contributed by atoms with Crippen molar-refractivity contribution in [2.75, 3.05) is 7.11 Å². The van der Waals surface area contributed by atoms with Gasteiger partial charge >= 0.3 is 11.8 Å². The molecule has 1 heterocycles. The maximum absolute atomic E-state index is 11.3. The lowest BCUT2D eigenvalue weighted by atomic mass is 9.80. The number of esters is 1. The van der Waals surface area contributed by atoms with Crippen LogP contribution in [0, 0.1) is 10.1 Å². The summed E-state index contributed by atoms with van der Waals surface area (Å²) in [6.07, 6.45) is -0.298. The van der Waals surface area contributed by atoms with Gasteiger partial charge in [-0.2, -0.15) is 0 Å². The van der Waals surface area contributed by atoms with Crippen LogP contribution in [-0.2, 0) is 14.9 Å². The van der Waals surface area contributed by atoms with Crippen LogP contribution in [0.2, 0.25) is 0 Å². The zero-order valence-corrected chi connectivity index (χ0v) is 9.63. The molecule has 94 valence electrons. The van der Waals surface area contributed by atoms with Crippen LogP contribution >= 0.6 is 0 Å². The Morgan fingerprint density at radius 3 is 2.76 bits per heavy atom. The van der Waals surface area contributed by atoms with Crippen molar-refractivity contribution in [2.45, 2.75) is 25.4 Å². The van der Waals surface area contributed by atoms with Crippen LogP contribution in [0.15, 0.2) is 6.20 Å². The third-order valence-electron chi connectivity index (χ3n) is 2.60. The number of hydrogen-bond acceptors (Lipinski definition) is 6. The fraction of sp³-hybridized carbons (Fsp3) is 0.556. The van der Waals surface area contributed by atoms with Crippen LogP contribution in [0.1, 0.15) is 19.4 Å². The first kappa shape index (κ1) is 13.1. The monoisotopic (exact) mass is 243 g/mol. The van der Waals surface area contributed by atoms with Gasteiger partial charge in [-0.3, -0.25) is 0 Å². The number of nitrogens with one attached hydrogen (secondary N) is 1. The molecular weight excluding hydrogens is 230 g/mol. The number of nitro groups is 1. The van der Waals surface area contributed by atoms with Crippen LogP contribution in [0.3, 0.4) is 0 Å². The number of rotatable bonds is 4. The Morgan fingerprint density at radius 1 is 1.71 bits per heavy atom. The van der Waals surface area contributed by atoms with Gasteiger partial charge in [0.25, 0.3) is 0 Å². The molecule has 0 radical (unpaired) electrons. The number of H-pyrrole nitrogens is 1. The van der Waals surface area contributed by atoms with Crippen molar-refractivity contribution in [3.63, 3.8) is 0 Å². The first-order chi connectivity index (χ1) is 7.82. The summed E-state index contributed by atoms with van der Waals surface area (Å²) in [7, 11) is 1.13. The van der Waals surface area contributed by atoms with E-state index in [1.54, 1.807) is 0 Å². The summed E-state index contributed by atoms with van der Waals surface area (Å²) in [5.74, 6) is -1.21. The fourth-order valence-corrected chi connectivity index (χ4v) is 1.44. The highest BCUT2D eigenvalue weighted by molar-refractivity contribution is 5.76. The topological polar surface area (TPSA) is 118 Å². The van der Waals surface area contributed by atoms with E-state index in [4.69, 9.17) is 0 Å². The highest BCUT2D eigenvalue weighted by Gasteiger charge is 2.41. The Balaban J connectivity index is 3.16. The van der Waals surface area contributed by atoms with Gasteiger partial charge in [-0.15, -0.1) is 5.10 Å². The van der Waals surface area contributed by atoms with Gasteiger partial charge in [0.2, 0.25) is 0 Å². The number of aromatic amines is 1. The van der Waals surface area contributed by atoms with Crippen LogP contribution in [0.4, 0.5) is 5.82 Å². The number of carbonyl (C=O) groups excluding carboxylic acids is 1. The lowest BCUT2D eigenvalue weighted by Crippen LogP contribution is -2.40. The van der Waals surface area contributed by atoms with Crippen LogP contribution in [0.25, 0.3) is 0 Å². The SMILES string of the molecule is COC(=O)C(O)C(C)(C)c1cn[nH]c1[N+](=O)[O-]. The highest BCUT2D eigenvalue weighted by atomic mass is 16.6. The van der Waals surface area contributed by atoms with Crippen molar-refractivity contribution >= 4 is 11.8 Å². The first-order valence-corrected chi connectivity index (χ1v) is 4.76. The minimum atomic E-state index is -1.51. The van der Waals surface area contributed by atoms with Crippen molar-refractivity contribution in [2.24, 2.45) is 0 Å². The Kier molecular flexibility index (Phi) is 3.47. The van der Waals surface area contributed by atoms with Gasteiger partial charge in [0.15, 0.2) is 6.10 Å². The molecule has 0 aliphatic rings. The molecule has 8 nitrogen and oxygen atoms in total. The van der Waals surface area contributed by atoms with Crippen LogP contribution in [-0.4, -0.2) is 39.4 Å². The Morgan fingerprint density at radius 2 is 2.29 bits per heavy atom. The summed E-state index contributed by atoms with van der Waals surface area (Å²) in [5.41, 5.74) is -1.04.